The van der Waals surface area contributed by atoms with Gasteiger partial charge < -0.3 is 5.32 Å². The van der Waals surface area contributed by atoms with Crippen LogP contribution < -0.4 is 5.32 Å². The van der Waals surface area contributed by atoms with Crippen LogP contribution in [0, 0.1) is 0 Å². The van der Waals surface area contributed by atoms with Crippen LogP contribution in [-0.4, -0.2) is 39.9 Å². The Kier molecular flexibility index (Phi) is 3.16. The molecule has 2 heterocycles. The Labute approximate surface area is 103 Å². The van der Waals surface area contributed by atoms with E-state index in [4.69, 9.17) is 0 Å². The monoisotopic (exact) mass is 234 g/mol. The van der Waals surface area contributed by atoms with E-state index in [1.165, 1.54) is 44.5 Å². The van der Waals surface area contributed by atoms with Crippen molar-refractivity contribution in [3.05, 3.63) is 18.0 Å². The van der Waals surface area contributed by atoms with E-state index in [1.54, 1.807) is 0 Å². The lowest BCUT2D eigenvalue weighted by Crippen LogP contribution is -2.46. The van der Waals surface area contributed by atoms with Crippen LogP contribution in [0.3, 0.4) is 0 Å². The summed E-state index contributed by atoms with van der Waals surface area (Å²) < 4.78 is 1.98. The minimum atomic E-state index is 0.712. The van der Waals surface area contributed by atoms with Gasteiger partial charge in [0.1, 0.15) is 0 Å². The molecule has 1 saturated carbocycles. The van der Waals surface area contributed by atoms with E-state index >= 15 is 0 Å². The molecule has 3 rings (SSSR count). The molecule has 1 unspecified atom stereocenters. The molecule has 0 amide bonds. The van der Waals surface area contributed by atoms with Crippen molar-refractivity contribution < 1.29 is 0 Å². The first-order valence-corrected chi connectivity index (χ1v) is 6.76. The quantitative estimate of drug-likeness (QED) is 0.848. The smallest absolute Gasteiger partial charge is 0.0521 e. The number of hydrogen-bond donors (Lipinski definition) is 1. The molecule has 4 nitrogen and oxygen atoms in total. The Morgan fingerprint density at radius 3 is 2.94 bits per heavy atom. The number of rotatable bonds is 4. The van der Waals surface area contributed by atoms with Gasteiger partial charge in [-0.05, 0) is 38.3 Å². The normalized spacial score (nSPS) is 26.3. The maximum absolute atomic E-state index is 4.23. The van der Waals surface area contributed by atoms with Gasteiger partial charge in [-0.3, -0.25) is 9.58 Å². The zero-order valence-electron chi connectivity index (χ0n) is 10.6. The summed E-state index contributed by atoms with van der Waals surface area (Å²) in [6.07, 6.45) is 7.33. The lowest BCUT2D eigenvalue weighted by molar-refractivity contribution is 0.179. The van der Waals surface area contributed by atoms with Gasteiger partial charge in [0, 0.05) is 38.4 Å². The summed E-state index contributed by atoms with van der Waals surface area (Å²) in [5.74, 6) is 0. The molecule has 0 radical (unpaired) electrons. The summed E-state index contributed by atoms with van der Waals surface area (Å²) in [5.41, 5.74) is 1.32. The van der Waals surface area contributed by atoms with Gasteiger partial charge in [-0.25, -0.2) is 0 Å². The van der Waals surface area contributed by atoms with Crippen molar-refractivity contribution in [1.82, 2.24) is 20.0 Å². The molecule has 0 spiro atoms. The summed E-state index contributed by atoms with van der Waals surface area (Å²) in [6.45, 7) is 3.47. The molecule has 94 valence electrons. The zero-order chi connectivity index (χ0) is 11.7. The summed E-state index contributed by atoms with van der Waals surface area (Å²) >= 11 is 0. The Morgan fingerprint density at radius 2 is 2.24 bits per heavy atom. The summed E-state index contributed by atoms with van der Waals surface area (Å²) in [6, 6.07) is 3.67. The van der Waals surface area contributed by atoms with Gasteiger partial charge >= 0.3 is 0 Å². The first-order chi connectivity index (χ1) is 8.31. The minimum Gasteiger partial charge on any atom is -0.310 e. The Bertz CT molecular complexity index is 369. The van der Waals surface area contributed by atoms with Gasteiger partial charge in [0.15, 0.2) is 0 Å². The van der Waals surface area contributed by atoms with E-state index in [-0.39, 0.29) is 0 Å². The molecule has 1 aromatic heterocycles. The average Bonchev–Trinajstić information content (AvgIpc) is 3.04. The molecular weight excluding hydrogens is 212 g/mol. The Balaban J connectivity index is 1.54. The van der Waals surface area contributed by atoms with Crippen LogP contribution in [0.4, 0.5) is 0 Å². The fourth-order valence-electron chi connectivity index (χ4n) is 2.70. The standard InChI is InChI=1S/C13H22N4/c1-16-13(6-7-14-16)10-17-8-2-3-12(9-17)15-11-4-5-11/h6-7,11-12,15H,2-5,8-10H2,1H3. The highest BCUT2D eigenvalue weighted by Crippen LogP contribution is 2.22. The van der Waals surface area contributed by atoms with Crippen molar-refractivity contribution in [3.8, 4) is 0 Å². The maximum Gasteiger partial charge on any atom is 0.0521 e. The molecule has 4 heteroatoms. The summed E-state index contributed by atoms with van der Waals surface area (Å²) in [4.78, 5) is 2.56. The van der Waals surface area contributed by atoms with Gasteiger partial charge in [0.05, 0.1) is 5.69 Å². The highest BCUT2D eigenvalue weighted by Gasteiger charge is 2.27. The number of aromatic nitrogens is 2. The summed E-state index contributed by atoms with van der Waals surface area (Å²) in [5, 5.41) is 7.99. The minimum absolute atomic E-state index is 0.712. The molecule has 17 heavy (non-hydrogen) atoms. The second-order valence-electron chi connectivity index (χ2n) is 5.46. The molecule has 2 fully saturated rings. The second kappa shape index (κ2) is 4.78. The van der Waals surface area contributed by atoms with Gasteiger partial charge in [-0.15, -0.1) is 0 Å². The van der Waals surface area contributed by atoms with Crippen LogP contribution in [0.5, 0.6) is 0 Å². The maximum atomic E-state index is 4.23. The lowest BCUT2D eigenvalue weighted by Gasteiger charge is -2.33. The Morgan fingerprint density at radius 1 is 1.35 bits per heavy atom. The lowest BCUT2D eigenvalue weighted by atomic mass is 10.1. The molecule has 1 aliphatic heterocycles. The van der Waals surface area contributed by atoms with Crippen LogP contribution >= 0.6 is 0 Å². The first-order valence-electron chi connectivity index (χ1n) is 6.76. The average molecular weight is 234 g/mol. The first kappa shape index (κ1) is 11.2. The third-order valence-corrected chi connectivity index (χ3v) is 3.86. The van der Waals surface area contributed by atoms with Crippen LogP contribution in [0.2, 0.25) is 0 Å². The molecule has 1 N–H and O–H groups in total. The van der Waals surface area contributed by atoms with E-state index < -0.39 is 0 Å². The molecule has 1 aromatic rings. The number of aryl methyl sites for hydroxylation is 1. The second-order valence-corrected chi connectivity index (χ2v) is 5.46. The van der Waals surface area contributed by atoms with Gasteiger partial charge in [-0.1, -0.05) is 0 Å². The molecule has 0 aromatic carbocycles. The van der Waals surface area contributed by atoms with Gasteiger partial charge in [0.2, 0.25) is 0 Å². The zero-order valence-corrected chi connectivity index (χ0v) is 10.6. The molecule has 1 saturated heterocycles. The van der Waals surface area contributed by atoms with E-state index in [9.17, 15) is 0 Å². The molecule has 0 bridgehead atoms. The highest BCUT2D eigenvalue weighted by atomic mass is 15.3. The molecule has 1 aliphatic carbocycles. The molecular formula is C13H22N4. The SMILES string of the molecule is Cn1nccc1CN1CCCC(NC2CC2)C1. The van der Waals surface area contributed by atoms with Crippen molar-refractivity contribution >= 4 is 0 Å². The predicted octanol–water partition coefficient (Wildman–Crippen LogP) is 1.14. The van der Waals surface area contributed by atoms with E-state index in [0.29, 0.717) is 6.04 Å². The van der Waals surface area contributed by atoms with E-state index in [2.05, 4.69) is 21.4 Å². The van der Waals surface area contributed by atoms with Crippen LogP contribution in [0.1, 0.15) is 31.4 Å². The van der Waals surface area contributed by atoms with Crippen molar-refractivity contribution in [2.24, 2.45) is 7.05 Å². The van der Waals surface area contributed by atoms with Crippen molar-refractivity contribution in [2.45, 2.75) is 44.3 Å². The van der Waals surface area contributed by atoms with Crippen molar-refractivity contribution in [2.75, 3.05) is 13.1 Å². The predicted molar refractivity (Wildman–Crippen MR) is 67.7 cm³/mol. The number of nitrogens with zero attached hydrogens (tertiary/aromatic N) is 3. The van der Waals surface area contributed by atoms with Crippen LogP contribution in [0.25, 0.3) is 0 Å². The number of hydrogen-bond acceptors (Lipinski definition) is 3. The fraction of sp³-hybridized carbons (Fsp3) is 0.769. The van der Waals surface area contributed by atoms with Crippen LogP contribution in [-0.2, 0) is 13.6 Å². The molecule has 2 aliphatic rings. The third-order valence-electron chi connectivity index (χ3n) is 3.86. The third kappa shape index (κ3) is 2.87. The number of piperidine rings is 1. The number of nitrogens with one attached hydrogen (secondary N) is 1. The number of likely N-dealkylation sites (tertiary alicyclic amines) is 1. The largest absolute Gasteiger partial charge is 0.310 e. The Hall–Kier alpha value is -0.870. The van der Waals surface area contributed by atoms with Gasteiger partial charge in [-0.2, -0.15) is 5.10 Å². The van der Waals surface area contributed by atoms with E-state index in [0.717, 1.165) is 12.6 Å². The van der Waals surface area contributed by atoms with E-state index in [1.807, 2.05) is 17.9 Å². The fourth-order valence-corrected chi connectivity index (χ4v) is 2.70. The summed E-state index contributed by atoms with van der Waals surface area (Å²) in [7, 11) is 2.03. The van der Waals surface area contributed by atoms with Crippen molar-refractivity contribution in [1.29, 1.82) is 0 Å². The molecule has 1 atom stereocenters. The van der Waals surface area contributed by atoms with Crippen LogP contribution in [0.15, 0.2) is 12.3 Å². The highest BCUT2D eigenvalue weighted by molar-refractivity contribution is 5.00. The topological polar surface area (TPSA) is 33.1 Å². The van der Waals surface area contributed by atoms with Crippen molar-refractivity contribution in [3.63, 3.8) is 0 Å². The van der Waals surface area contributed by atoms with Gasteiger partial charge in [0.25, 0.3) is 0 Å².